The maximum atomic E-state index is 12.9. The van der Waals surface area contributed by atoms with E-state index < -0.39 is 0 Å². The molecule has 7 nitrogen and oxygen atoms in total. The van der Waals surface area contributed by atoms with Gasteiger partial charge in [-0.2, -0.15) is 4.98 Å². The molecule has 0 amide bonds. The SMILES string of the molecule is Fc1ccc(OCc2nc(-c3ccc4c(c3)nnn4C3CCCC3)no2)cc1. The van der Waals surface area contributed by atoms with Gasteiger partial charge in [0.05, 0.1) is 11.6 Å². The van der Waals surface area contributed by atoms with E-state index in [1.807, 2.05) is 22.9 Å². The van der Waals surface area contributed by atoms with E-state index in [4.69, 9.17) is 9.26 Å². The lowest BCUT2D eigenvalue weighted by molar-refractivity contribution is 0.242. The van der Waals surface area contributed by atoms with Crippen LogP contribution in [0, 0.1) is 5.82 Å². The highest BCUT2D eigenvalue weighted by Crippen LogP contribution is 2.31. The highest BCUT2D eigenvalue weighted by Gasteiger charge is 2.20. The van der Waals surface area contributed by atoms with E-state index in [2.05, 4.69) is 20.5 Å². The fourth-order valence-electron chi connectivity index (χ4n) is 3.61. The van der Waals surface area contributed by atoms with Gasteiger partial charge in [0.2, 0.25) is 5.82 Å². The van der Waals surface area contributed by atoms with Crippen molar-refractivity contribution in [3.63, 3.8) is 0 Å². The summed E-state index contributed by atoms with van der Waals surface area (Å²) in [5, 5.41) is 12.7. The Kier molecular flexibility index (Phi) is 4.23. The molecule has 0 unspecified atom stereocenters. The van der Waals surface area contributed by atoms with Crippen molar-refractivity contribution in [2.45, 2.75) is 38.3 Å². The van der Waals surface area contributed by atoms with Crippen molar-refractivity contribution < 1.29 is 13.7 Å². The van der Waals surface area contributed by atoms with Crippen molar-refractivity contribution in [3.8, 4) is 17.1 Å². The Morgan fingerprint density at radius 2 is 1.93 bits per heavy atom. The van der Waals surface area contributed by atoms with Gasteiger partial charge < -0.3 is 9.26 Å². The van der Waals surface area contributed by atoms with Gasteiger partial charge in [0, 0.05) is 5.56 Å². The van der Waals surface area contributed by atoms with E-state index >= 15 is 0 Å². The van der Waals surface area contributed by atoms with E-state index in [0.717, 1.165) is 29.4 Å². The van der Waals surface area contributed by atoms with Gasteiger partial charge in [0.25, 0.3) is 5.89 Å². The number of fused-ring (bicyclic) bond motifs is 1. The molecular formula is C20H18FN5O2. The molecule has 0 spiro atoms. The minimum absolute atomic E-state index is 0.110. The summed E-state index contributed by atoms with van der Waals surface area (Å²) < 4.78 is 25.8. The van der Waals surface area contributed by atoms with Crippen LogP contribution in [-0.2, 0) is 6.61 Å². The number of halogens is 1. The predicted octanol–water partition coefficient (Wildman–Crippen LogP) is 4.31. The molecule has 142 valence electrons. The zero-order chi connectivity index (χ0) is 18.9. The van der Waals surface area contributed by atoms with E-state index in [1.54, 1.807) is 12.1 Å². The average Bonchev–Trinajstić information content (AvgIpc) is 3.46. The smallest absolute Gasteiger partial charge is 0.264 e. The summed E-state index contributed by atoms with van der Waals surface area (Å²) in [4.78, 5) is 4.37. The number of hydrogen-bond acceptors (Lipinski definition) is 6. The Hall–Kier alpha value is -3.29. The third-order valence-electron chi connectivity index (χ3n) is 5.04. The van der Waals surface area contributed by atoms with Gasteiger partial charge >= 0.3 is 0 Å². The van der Waals surface area contributed by atoms with Crippen LogP contribution < -0.4 is 4.74 Å². The summed E-state index contributed by atoms with van der Waals surface area (Å²) in [7, 11) is 0. The van der Waals surface area contributed by atoms with Crippen LogP contribution in [0.25, 0.3) is 22.4 Å². The average molecular weight is 379 g/mol. The Bertz CT molecular complexity index is 1100. The molecule has 0 bridgehead atoms. The minimum atomic E-state index is -0.312. The topological polar surface area (TPSA) is 78.9 Å². The second kappa shape index (κ2) is 7.03. The van der Waals surface area contributed by atoms with E-state index in [1.165, 1.54) is 25.0 Å². The molecule has 1 fully saturated rings. The summed E-state index contributed by atoms with van der Waals surface area (Å²) in [6.07, 6.45) is 4.80. The molecule has 5 rings (SSSR count). The summed E-state index contributed by atoms with van der Waals surface area (Å²) in [6.45, 7) is 0.110. The van der Waals surface area contributed by atoms with E-state index in [9.17, 15) is 4.39 Å². The van der Waals surface area contributed by atoms with Crippen LogP contribution in [0.4, 0.5) is 4.39 Å². The molecule has 1 aliphatic carbocycles. The second-order valence-electron chi connectivity index (χ2n) is 6.93. The van der Waals surface area contributed by atoms with Crippen LogP contribution in [0.5, 0.6) is 5.75 Å². The van der Waals surface area contributed by atoms with Crippen molar-refractivity contribution in [2.75, 3.05) is 0 Å². The monoisotopic (exact) mass is 379 g/mol. The molecule has 2 aromatic carbocycles. The lowest BCUT2D eigenvalue weighted by Gasteiger charge is -2.09. The lowest BCUT2D eigenvalue weighted by atomic mass is 10.1. The van der Waals surface area contributed by atoms with E-state index in [0.29, 0.717) is 23.5 Å². The molecule has 4 aromatic rings. The fraction of sp³-hybridized carbons (Fsp3) is 0.300. The van der Waals surface area contributed by atoms with Crippen LogP contribution in [0.3, 0.4) is 0 Å². The van der Waals surface area contributed by atoms with Gasteiger partial charge in [-0.25, -0.2) is 9.07 Å². The third kappa shape index (κ3) is 3.21. The molecule has 0 aliphatic heterocycles. The predicted molar refractivity (Wildman–Crippen MR) is 99.1 cm³/mol. The summed E-state index contributed by atoms with van der Waals surface area (Å²) in [6, 6.07) is 12.1. The quantitative estimate of drug-likeness (QED) is 0.514. The first-order valence-corrected chi connectivity index (χ1v) is 9.32. The van der Waals surface area contributed by atoms with Crippen molar-refractivity contribution in [3.05, 3.63) is 54.2 Å². The van der Waals surface area contributed by atoms with Gasteiger partial charge in [0.15, 0.2) is 6.61 Å². The minimum Gasteiger partial charge on any atom is -0.484 e. The molecule has 0 radical (unpaired) electrons. The largest absolute Gasteiger partial charge is 0.484 e. The van der Waals surface area contributed by atoms with Gasteiger partial charge in [0.1, 0.15) is 17.1 Å². The summed E-state index contributed by atoms with van der Waals surface area (Å²) in [5.41, 5.74) is 2.65. The highest BCUT2D eigenvalue weighted by atomic mass is 19.1. The number of hydrogen-bond donors (Lipinski definition) is 0. The van der Waals surface area contributed by atoms with Crippen LogP contribution in [0.2, 0.25) is 0 Å². The maximum Gasteiger partial charge on any atom is 0.264 e. The molecule has 8 heteroatoms. The molecule has 0 saturated heterocycles. The number of aromatic nitrogens is 5. The first kappa shape index (κ1) is 16.9. The molecule has 0 N–H and O–H groups in total. The standard InChI is InChI=1S/C20H18FN5O2/c21-14-6-8-16(9-7-14)27-12-19-22-20(24-28-19)13-5-10-18-17(11-13)23-25-26(18)15-3-1-2-4-15/h5-11,15H,1-4,12H2. The Morgan fingerprint density at radius 3 is 2.75 bits per heavy atom. The lowest BCUT2D eigenvalue weighted by Crippen LogP contribution is -2.06. The first-order chi connectivity index (χ1) is 13.8. The molecule has 1 aliphatic rings. The molecule has 1 saturated carbocycles. The van der Waals surface area contributed by atoms with Crippen molar-refractivity contribution in [1.82, 2.24) is 25.1 Å². The van der Waals surface area contributed by atoms with Gasteiger partial charge in [-0.15, -0.1) is 5.10 Å². The van der Waals surface area contributed by atoms with Crippen molar-refractivity contribution in [1.29, 1.82) is 0 Å². The van der Waals surface area contributed by atoms with Crippen molar-refractivity contribution in [2.24, 2.45) is 0 Å². The number of benzene rings is 2. The van der Waals surface area contributed by atoms with E-state index in [-0.39, 0.29) is 12.4 Å². The third-order valence-corrected chi connectivity index (χ3v) is 5.04. The number of nitrogens with zero attached hydrogens (tertiary/aromatic N) is 5. The van der Waals surface area contributed by atoms with Gasteiger partial charge in [-0.05, 0) is 55.3 Å². The maximum absolute atomic E-state index is 12.9. The normalized spacial score (nSPS) is 14.8. The molecule has 28 heavy (non-hydrogen) atoms. The fourth-order valence-corrected chi connectivity index (χ4v) is 3.61. The number of ether oxygens (including phenoxy) is 1. The first-order valence-electron chi connectivity index (χ1n) is 9.32. The van der Waals surface area contributed by atoms with Crippen LogP contribution >= 0.6 is 0 Å². The van der Waals surface area contributed by atoms with Gasteiger partial charge in [-0.1, -0.05) is 23.2 Å². The molecule has 2 aromatic heterocycles. The summed E-state index contributed by atoms with van der Waals surface area (Å²) >= 11 is 0. The van der Waals surface area contributed by atoms with Crippen LogP contribution in [0.1, 0.15) is 37.6 Å². The summed E-state index contributed by atoms with van der Waals surface area (Å²) in [5.74, 6) is 1.03. The second-order valence-corrected chi connectivity index (χ2v) is 6.93. The Balaban J connectivity index is 1.33. The molecule has 2 heterocycles. The molecule has 0 atom stereocenters. The van der Waals surface area contributed by atoms with Crippen molar-refractivity contribution >= 4 is 11.0 Å². The zero-order valence-electron chi connectivity index (χ0n) is 15.1. The van der Waals surface area contributed by atoms with Crippen LogP contribution in [-0.4, -0.2) is 25.1 Å². The zero-order valence-corrected chi connectivity index (χ0v) is 15.1. The molecular weight excluding hydrogens is 361 g/mol. The Labute approximate surface area is 160 Å². The Morgan fingerprint density at radius 1 is 1.11 bits per heavy atom. The van der Waals surface area contributed by atoms with Crippen LogP contribution in [0.15, 0.2) is 47.0 Å². The number of rotatable bonds is 5. The van der Waals surface area contributed by atoms with Gasteiger partial charge in [-0.3, -0.25) is 0 Å². The highest BCUT2D eigenvalue weighted by molar-refractivity contribution is 5.79.